The molecule has 1 amide bonds. The van der Waals surface area contributed by atoms with Crippen molar-refractivity contribution in [2.24, 2.45) is 7.05 Å². The molecular weight excluding hydrogens is 338 g/mol. The topological polar surface area (TPSA) is 92.7 Å². The number of rotatable bonds is 4. The standard InChI is InChI=1S/C17H19N5O2S/c1-9-6-5-7-12(10(9)2)20-13(23)8-25-17-21-14-15(22(17)4)18-11(3)19-16(14)24/h5-7H,8H2,1-4H3,(H,20,23)(H,18,19,24). The molecule has 3 aromatic rings. The van der Waals surface area contributed by atoms with Crippen LogP contribution >= 0.6 is 11.8 Å². The third-order valence-corrected chi connectivity index (χ3v) is 5.05. The molecule has 0 saturated carbocycles. The van der Waals surface area contributed by atoms with Crippen molar-refractivity contribution in [3.05, 3.63) is 45.5 Å². The zero-order valence-electron chi connectivity index (χ0n) is 14.5. The van der Waals surface area contributed by atoms with E-state index in [0.717, 1.165) is 16.8 Å². The summed E-state index contributed by atoms with van der Waals surface area (Å²) >= 11 is 1.27. The van der Waals surface area contributed by atoms with Gasteiger partial charge in [0.25, 0.3) is 5.56 Å². The fourth-order valence-corrected chi connectivity index (χ4v) is 3.26. The Bertz CT molecular complexity index is 1020. The number of hydrogen-bond donors (Lipinski definition) is 2. The Balaban J connectivity index is 1.75. The van der Waals surface area contributed by atoms with Crippen molar-refractivity contribution < 1.29 is 4.79 Å². The van der Waals surface area contributed by atoms with E-state index in [4.69, 9.17) is 0 Å². The molecule has 0 aliphatic heterocycles. The number of H-pyrrole nitrogens is 1. The van der Waals surface area contributed by atoms with Crippen LogP contribution in [0.5, 0.6) is 0 Å². The number of fused-ring (bicyclic) bond motifs is 1. The van der Waals surface area contributed by atoms with Crippen LogP contribution in [0.1, 0.15) is 17.0 Å². The van der Waals surface area contributed by atoms with E-state index in [1.165, 1.54) is 11.8 Å². The van der Waals surface area contributed by atoms with Crippen molar-refractivity contribution >= 4 is 34.5 Å². The van der Waals surface area contributed by atoms with Gasteiger partial charge >= 0.3 is 0 Å². The zero-order chi connectivity index (χ0) is 18.1. The first-order valence-corrected chi connectivity index (χ1v) is 8.77. The predicted octanol–water partition coefficient (Wildman–Crippen LogP) is 2.31. The monoisotopic (exact) mass is 357 g/mol. The lowest BCUT2D eigenvalue weighted by atomic mass is 10.1. The molecule has 0 aliphatic carbocycles. The number of thioether (sulfide) groups is 1. The van der Waals surface area contributed by atoms with Gasteiger partial charge in [0, 0.05) is 12.7 Å². The predicted molar refractivity (Wildman–Crippen MR) is 99.1 cm³/mol. The highest BCUT2D eigenvalue weighted by molar-refractivity contribution is 7.99. The Morgan fingerprint density at radius 2 is 2.04 bits per heavy atom. The molecule has 0 spiro atoms. The zero-order valence-corrected chi connectivity index (χ0v) is 15.3. The molecule has 1 aromatic carbocycles. The Morgan fingerprint density at radius 1 is 1.28 bits per heavy atom. The molecule has 0 bridgehead atoms. The van der Waals surface area contributed by atoms with Crippen LogP contribution in [0.15, 0.2) is 28.2 Å². The van der Waals surface area contributed by atoms with E-state index in [9.17, 15) is 9.59 Å². The van der Waals surface area contributed by atoms with Crippen LogP contribution in [0, 0.1) is 20.8 Å². The van der Waals surface area contributed by atoms with E-state index in [0.29, 0.717) is 16.6 Å². The van der Waals surface area contributed by atoms with E-state index >= 15 is 0 Å². The number of nitrogens with zero attached hydrogens (tertiary/aromatic N) is 3. The normalized spacial score (nSPS) is 11.0. The van der Waals surface area contributed by atoms with Gasteiger partial charge < -0.3 is 14.9 Å². The second-order valence-electron chi connectivity index (χ2n) is 5.86. The summed E-state index contributed by atoms with van der Waals surface area (Å²) in [5, 5.41) is 3.49. The Labute approximate surface area is 148 Å². The largest absolute Gasteiger partial charge is 0.325 e. The third kappa shape index (κ3) is 3.43. The van der Waals surface area contributed by atoms with Gasteiger partial charge in [0.05, 0.1) is 5.75 Å². The van der Waals surface area contributed by atoms with Gasteiger partial charge in [-0.15, -0.1) is 0 Å². The van der Waals surface area contributed by atoms with Crippen LogP contribution in [-0.4, -0.2) is 31.2 Å². The van der Waals surface area contributed by atoms with Crippen molar-refractivity contribution in [2.45, 2.75) is 25.9 Å². The van der Waals surface area contributed by atoms with E-state index in [1.807, 2.05) is 32.0 Å². The second-order valence-corrected chi connectivity index (χ2v) is 6.80. The summed E-state index contributed by atoms with van der Waals surface area (Å²) in [5.74, 6) is 0.607. The van der Waals surface area contributed by atoms with E-state index in [2.05, 4.69) is 20.3 Å². The Morgan fingerprint density at radius 3 is 2.80 bits per heavy atom. The van der Waals surface area contributed by atoms with Crippen LogP contribution in [0.2, 0.25) is 0 Å². The van der Waals surface area contributed by atoms with Gasteiger partial charge in [-0.3, -0.25) is 9.59 Å². The maximum absolute atomic E-state index is 12.2. The van der Waals surface area contributed by atoms with E-state index in [1.54, 1.807) is 18.5 Å². The fourth-order valence-electron chi connectivity index (χ4n) is 2.49. The minimum atomic E-state index is -0.273. The molecule has 25 heavy (non-hydrogen) atoms. The highest BCUT2D eigenvalue weighted by atomic mass is 32.2. The summed E-state index contributed by atoms with van der Waals surface area (Å²) < 4.78 is 1.73. The molecule has 2 heterocycles. The van der Waals surface area contributed by atoms with Crippen LogP contribution in [0.4, 0.5) is 5.69 Å². The van der Waals surface area contributed by atoms with Crippen molar-refractivity contribution in [1.82, 2.24) is 19.5 Å². The number of benzene rings is 1. The molecule has 3 rings (SSSR count). The number of carbonyl (C=O) groups excluding carboxylic acids is 1. The number of aromatic amines is 1. The number of anilines is 1. The number of aryl methyl sites for hydroxylation is 3. The number of imidazole rings is 1. The van der Waals surface area contributed by atoms with Gasteiger partial charge in [-0.1, -0.05) is 23.9 Å². The summed E-state index contributed by atoms with van der Waals surface area (Å²) in [7, 11) is 1.78. The third-order valence-electron chi connectivity index (χ3n) is 4.02. The lowest BCUT2D eigenvalue weighted by molar-refractivity contribution is -0.113. The minimum Gasteiger partial charge on any atom is -0.325 e. The molecule has 7 nitrogen and oxygen atoms in total. The van der Waals surface area contributed by atoms with Crippen molar-refractivity contribution in [1.29, 1.82) is 0 Å². The molecule has 8 heteroatoms. The molecule has 0 aliphatic rings. The number of hydrogen-bond acceptors (Lipinski definition) is 5. The fraction of sp³-hybridized carbons (Fsp3) is 0.294. The minimum absolute atomic E-state index is 0.121. The Hall–Kier alpha value is -2.61. The summed E-state index contributed by atoms with van der Waals surface area (Å²) in [5.41, 5.74) is 3.51. The van der Waals surface area contributed by atoms with E-state index in [-0.39, 0.29) is 22.7 Å². The number of aromatic nitrogens is 4. The first-order chi connectivity index (χ1) is 11.9. The van der Waals surface area contributed by atoms with Gasteiger partial charge in [0.1, 0.15) is 5.82 Å². The molecule has 0 saturated heterocycles. The lowest BCUT2D eigenvalue weighted by Crippen LogP contribution is -2.15. The van der Waals surface area contributed by atoms with Gasteiger partial charge in [-0.2, -0.15) is 0 Å². The second kappa shape index (κ2) is 6.72. The van der Waals surface area contributed by atoms with Gasteiger partial charge in [-0.25, -0.2) is 9.97 Å². The first kappa shape index (κ1) is 17.2. The number of nitrogens with one attached hydrogen (secondary N) is 2. The van der Waals surface area contributed by atoms with Crippen LogP contribution in [0.25, 0.3) is 11.2 Å². The number of carbonyl (C=O) groups is 1. The summed E-state index contributed by atoms with van der Waals surface area (Å²) in [6.07, 6.45) is 0. The summed E-state index contributed by atoms with van der Waals surface area (Å²) in [6, 6.07) is 5.80. The van der Waals surface area contributed by atoms with E-state index < -0.39 is 0 Å². The van der Waals surface area contributed by atoms with Crippen LogP contribution < -0.4 is 10.9 Å². The highest BCUT2D eigenvalue weighted by Crippen LogP contribution is 2.21. The van der Waals surface area contributed by atoms with Gasteiger partial charge in [0.15, 0.2) is 16.3 Å². The van der Waals surface area contributed by atoms with Crippen molar-refractivity contribution in [2.75, 3.05) is 11.1 Å². The molecule has 2 N–H and O–H groups in total. The smallest absolute Gasteiger partial charge is 0.279 e. The number of amides is 1. The van der Waals surface area contributed by atoms with Crippen molar-refractivity contribution in [3.8, 4) is 0 Å². The SMILES string of the molecule is Cc1nc2c(nc(SCC(=O)Nc3cccc(C)c3C)n2C)c(=O)[nH]1. The molecule has 0 unspecified atom stereocenters. The first-order valence-electron chi connectivity index (χ1n) is 7.79. The average Bonchev–Trinajstić information content (AvgIpc) is 2.87. The van der Waals surface area contributed by atoms with Crippen LogP contribution in [0.3, 0.4) is 0 Å². The summed E-state index contributed by atoms with van der Waals surface area (Å²) in [4.78, 5) is 35.4. The lowest BCUT2D eigenvalue weighted by Gasteiger charge is -2.10. The molecule has 130 valence electrons. The maximum Gasteiger partial charge on any atom is 0.279 e. The average molecular weight is 357 g/mol. The summed E-state index contributed by atoms with van der Waals surface area (Å²) in [6.45, 7) is 5.70. The molecule has 2 aromatic heterocycles. The van der Waals surface area contributed by atoms with Gasteiger partial charge in [0.2, 0.25) is 5.91 Å². The Kier molecular flexibility index (Phi) is 4.63. The van der Waals surface area contributed by atoms with Gasteiger partial charge in [-0.05, 0) is 38.0 Å². The molecule has 0 radical (unpaired) electrons. The van der Waals surface area contributed by atoms with Crippen molar-refractivity contribution in [3.63, 3.8) is 0 Å². The molecular formula is C17H19N5O2S. The molecule has 0 fully saturated rings. The quantitative estimate of drug-likeness (QED) is 0.699. The highest BCUT2D eigenvalue weighted by Gasteiger charge is 2.15. The molecule has 0 atom stereocenters. The van der Waals surface area contributed by atoms with Crippen LogP contribution in [-0.2, 0) is 11.8 Å². The maximum atomic E-state index is 12.2.